The zero-order chi connectivity index (χ0) is 13.1. The van der Waals surface area contributed by atoms with Gasteiger partial charge in [-0.2, -0.15) is 0 Å². The van der Waals surface area contributed by atoms with Gasteiger partial charge in [-0.3, -0.25) is 11.3 Å². The Bertz CT molecular complexity index is 385. The minimum absolute atomic E-state index is 0.227. The van der Waals surface area contributed by atoms with Crippen LogP contribution in [0.1, 0.15) is 49.8 Å². The van der Waals surface area contributed by atoms with E-state index in [1.165, 1.54) is 36.8 Å². The molecule has 0 bridgehead atoms. The molecule has 18 heavy (non-hydrogen) atoms. The SMILES string of the molecule is Cc1cc(Cl)cc(C(NN)C2CCCC(C)C2)c1. The fourth-order valence-corrected chi connectivity index (χ4v) is 3.53. The Hall–Kier alpha value is -0.570. The Kier molecular flexibility index (Phi) is 4.66. The van der Waals surface area contributed by atoms with Crippen LogP contribution in [0.3, 0.4) is 0 Å². The summed E-state index contributed by atoms with van der Waals surface area (Å²) in [6.07, 6.45) is 5.16. The van der Waals surface area contributed by atoms with Gasteiger partial charge in [0.15, 0.2) is 0 Å². The summed E-state index contributed by atoms with van der Waals surface area (Å²) >= 11 is 6.15. The maximum Gasteiger partial charge on any atom is 0.0488 e. The smallest absolute Gasteiger partial charge is 0.0488 e. The van der Waals surface area contributed by atoms with Gasteiger partial charge in [0.05, 0.1) is 0 Å². The second-order valence-electron chi connectivity index (χ2n) is 5.74. The number of hydrogen-bond donors (Lipinski definition) is 2. The maximum absolute atomic E-state index is 6.15. The highest BCUT2D eigenvalue weighted by Crippen LogP contribution is 2.37. The molecule has 1 aliphatic carbocycles. The monoisotopic (exact) mass is 266 g/mol. The molecule has 1 aliphatic rings. The average Bonchev–Trinajstić information content (AvgIpc) is 2.28. The molecule has 0 radical (unpaired) electrons. The van der Waals surface area contributed by atoms with Gasteiger partial charge in [0.25, 0.3) is 0 Å². The van der Waals surface area contributed by atoms with Crippen LogP contribution in [0.4, 0.5) is 0 Å². The van der Waals surface area contributed by atoms with Crippen molar-refractivity contribution in [3.63, 3.8) is 0 Å². The highest BCUT2D eigenvalue weighted by Gasteiger charge is 2.27. The van der Waals surface area contributed by atoms with E-state index in [0.29, 0.717) is 5.92 Å². The third-order valence-electron chi connectivity index (χ3n) is 4.05. The van der Waals surface area contributed by atoms with Crippen molar-refractivity contribution in [3.8, 4) is 0 Å². The summed E-state index contributed by atoms with van der Waals surface area (Å²) in [7, 11) is 0. The first kappa shape index (κ1) is 13.9. The van der Waals surface area contributed by atoms with E-state index in [0.717, 1.165) is 10.9 Å². The van der Waals surface area contributed by atoms with Crippen molar-refractivity contribution >= 4 is 11.6 Å². The van der Waals surface area contributed by atoms with Gasteiger partial charge < -0.3 is 0 Å². The lowest BCUT2D eigenvalue weighted by atomic mass is 9.77. The topological polar surface area (TPSA) is 38.0 Å². The number of hydrazine groups is 1. The Morgan fingerprint density at radius 1 is 1.33 bits per heavy atom. The molecular weight excluding hydrogens is 244 g/mol. The van der Waals surface area contributed by atoms with Gasteiger partial charge in [-0.05, 0) is 54.9 Å². The summed E-state index contributed by atoms with van der Waals surface area (Å²) in [5.41, 5.74) is 5.42. The standard InChI is InChI=1S/C15H23ClN2/c1-10-4-3-5-12(6-10)15(18-17)13-7-11(2)8-14(16)9-13/h7-10,12,15,18H,3-6,17H2,1-2H3. The third kappa shape index (κ3) is 3.25. The fourth-order valence-electron chi connectivity index (χ4n) is 3.23. The van der Waals surface area contributed by atoms with E-state index >= 15 is 0 Å². The van der Waals surface area contributed by atoms with Gasteiger partial charge in [0.2, 0.25) is 0 Å². The van der Waals surface area contributed by atoms with E-state index < -0.39 is 0 Å². The molecule has 1 aromatic rings. The number of hydrogen-bond acceptors (Lipinski definition) is 2. The number of nitrogens with one attached hydrogen (secondary N) is 1. The van der Waals surface area contributed by atoms with Gasteiger partial charge in [-0.25, -0.2) is 0 Å². The Morgan fingerprint density at radius 2 is 2.11 bits per heavy atom. The second kappa shape index (κ2) is 6.05. The first-order valence-corrected chi connectivity index (χ1v) is 7.21. The van der Waals surface area contributed by atoms with Gasteiger partial charge in [0, 0.05) is 11.1 Å². The van der Waals surface area contributed by atoms with E-state index in [1.807, 2.05) is 12.1 Å². The lowest BCUT2D eigenvalue weighted by Gasteiger charge is -2.33. The zero-order valence-electron chi connectivity index (χ0n) is 11.2. The molecule has 0 saturated heterocycles. The first-order valence-electron chi connectivity index (χ1n) is 6.83. The average molecular weight is 267 g/mol. The number of benzene rings is 1. The molecule has 1 saturated carbocycles. The zero-order valence-corrected chi connectivity index (χ0v) is 12.0. The van der Waals surface area contributed by atoms with E-state index in [-0.39, 0.29) is 6.04 Å². The molecule has 1 aromatic carbocycles. The van der Waals surface area contributed by atoms with Crippen LogP contribution in [0, 0.1) is 18.8 Å². The van der Waals surface area contributed by atoms with Gasteiger partial charge in [0.1, 0.15) is 0 Å². The highest BCUT2D eigenvalue weighted by molar-refractivity contribution is 6.30. The largest absolute Gasteiger partial charge is 0.271 e. The predicted octanol–water partition coefficient (Wildman–Crippen LogP) is 3.98. The van der Waals surface area contributed by atoms with Crippen LogP contribution in [0.5, 0.6) is 0 Å². The number of nitrogens with two attached hydrogens (primary N) is 1. The summed E-state index contributed by atoms with van der Waals surface area (Å²) in [6, 6.07) is 6.45. The molecule has 0 spiro atoms. The summed E-state index contributed by atoms with van der Waals surface area (Å²) in [4.78, 5) is 0. The number of halogens is 1. The van der Waals surface area contributed by atoms with E-state index in [2.05, 4.69) is 25.3 Å². The molecule has 0 heterocycles. The second-order valence-corrected chi connectivity index (χ2v) is 6.17. The quantitative estimate of drug-likeness (QED) is 0.642. The molecule has 3 heteroatoms. The van der Waals surface area contributed by atoms with Crippen LogP contribution >= 0.6 is 11.6 Å². The van der Waals surface area contributed by atoms with Crippen LogP contribution in [-0.4, -0.2) is 0 Å². The highest BCUT2D eigenvalue weighted by atomic mass is 35.5. The summed E-state index contributed by atoms with van der Waals surface area (Å²) in [6.45, 7) is 4.41. The molecular formula is C15H23ClN2. The molecule has 2 nitrogen and oxygen atoms in total. The van der Waals surface area contributed by atoms with E-state index in [1.54, 1.807) is 0 Å². The minimum Gasteiger partial charge on any atom is -0.271 e. The number of rotatable bonds is 3. The Morgan fingerprint density at radius 3 is 2.72 bits per heavy atom. The summed E-state index contributed by atoms with van der Waals surface area (Å²) < 4.78 is 0. The summed E-state index contributed by atoms with van der Waals surface area (Å²) in [5.74, 6) is 7.22. The van der Waals surface area contributed by atoms with E-state index in [4.69, 9.17) is 17.4 Å². The minimum atomic E-state index is 0.227. The normalized spacial score (nSPS) is 26.0. The van der Waals surface area contributed by atoms with Crippen molar-refractivity contribution in [2.24, 2.45) is 17.7 Å². The summed E-state index contributed by atoms with van der Waals surface area (Å²) in [5, 5.41) is 0.800. The van der Waals surface area contributed by atoms with Crippen molar-refractivity contribution < 1.29 is 0 Å². The van der Waals surface area contributed by atoms with Crippen LogP contribution in [0.15, 0.2) is 18.2 Å². The van der Waals surface area contributed by atoms with Crippen LogP contribution in [-0.2, 0) is 0 Å². The molecule has 0 aromatic heterocycles. The fraction of sp³-hybridized carbons (Fsp3) is 0.600. The molecule has 100 valence electrons. The van der Waals surface area contributed by atoms with Crippen LogP contribution in [0.2, 0.25) is 5.02 Å². The molecule has 3 unspecified atom stereocenters. The Labute approximate surface area is 115 Å². The third-order valence-corrected chi connectivity index (χ3v) is 4.27. The van der Waals surface area contributed by atoms with Crippen molar-refractivity contribution in [3.05, 3.63) is 34.3 Å². The molecule has 0 aliphatic heterocycles. The Balaban J connectivity index is 2.21. The lowest BCUT2D eigenvalue weighted by molar-refractivity contribution is 0.224. The lowest BCUT2D eigenvalue weighted by Crippen LogP contribution is -2.35. The van der Waals surface area contributed by atoms with Crippen molar-refractivity contribution in [1.29, 1.82) is 0 Å². The van der Waals surface area contributed by atoms with Crippen LogP contribution < -0.4 is 11.3 Å². The number of aryl methyl sites for hydroxylation is 1. The van der Waals surface area contributed by atoms with Gasteiger partial charge in [-0.15, -0.1) is 0 Å². The predicted molar refractivity (Wildman–Crippen MR) is 77.4 cm³/mol. The maximum atomic E-state index is 6.15. The molecule has 3 atom stereocenters. The van der Waals surface area contributed by atoms with Gasteiger partial charge in [-0.1, -0.05) is 37.4 Å². The van der Waals surface area contributed by atoms with Crippen molar-refractivity contribution in [2.75, 3.05) is 0 Å². The van der Waals surface area contributed by atoms with Crippen LogP contribution in [0.25, 0.3) is 0 Å². The van der Waals surface area contributed by atoms with Gasteiger partial charge >= 0.3 is 0 Å². The molecule has 2 rings (SSSR count). The van der Waals surface area contributed by atoms with Crippen molar-refractivity contribution in [2.45, 2.75) is 45.6 Å². The first-order chi connectivity index (χ1) is 8.60. The molecule has 1 fully saturated rings. The molecule has 3 N–H and O–H groups in total. The molecule has 0 amide bonds. The van der Waals surface area contributed by atoms with E-state index in [9.17, 15) is 0 Å². The van der Waals surface area contributed by atoms with Crippen molar-refractivity contribution in [1.82, 2.24) is 5.43 Å².